The largest absolute Gasteiger partial charge is 0.507 e. The molecule has 3 nitrogen and oxygen atoms in total. The van der Waals surface area contributed by atoms with Crippen LogP contribution in [0.1, 0.15) is 24.2 Å². The van der Waals surface area contributed by atoms with E-state index < -0.39 is 0 Å². The lowest BCUT2D eigenvalue weighted by Crippen LogP contribution is -2.44. The standard InChI is InChI=1S/C11H13Br2NO2/c1-11(2,6-12)14-10(16)8-4-3-7(13)5-9(8)15/h3-5,15H,6H2,1-2H3,(H,14,16). The summed E-state index contributed by atoms with van der Waals surface area (Å²) in [7, 11) is 0. The van der Waals surface area contributed by atoms with Crippen LogP contribution in [0.15, 0.2) is 22.7 Å². The number of hydrogen-bond acceptors (Lipinski definition) is 2. The van der Waals surface area contributed by atoms with Crippen LogP contribution in [0.25, 0.3) is 0 Å². The molecule has 0 radical (unpaired) electrons. The summed E-state index contributed by atoms with van der Waals surface area (Å²) in [4.78, 5) is 11.8. The maximum Gasteiger partial charge on any atom is 0.255 e. The van der Waals surface area contributed by atoms with E-state index in [1.807, 2.05) is 13.8 Å². The number of phenols is 1. The van der Waals surface area contributed by atoms with E-state index in [-0.39, 0.29) is 22.8 Å². The zero-order valence-electron chi connectivity index (χ0n) is 9.05. The molecule has 0 saturated heterocycles. The molecule has 1 amide bonds. The third kappa shape index (κ3) is 3.49. The average molecular weight is 351 g/mol. The number of halogens is 2. The molecule has 88 valence electrons. The topological polar surface area (TPSA) is 49.3 Å². The number of amides is 1. The summed E-state index contributed by atoms with van der Waals surface area (Å²) in [6.07, 6.45) is 0. The van der Waals surface area contributed by atoms with Gasteiger partial charge in [-0.05, 0) is 32.0 Å². The second-order valence-electron chi connectivity index (χ2n) is 4.13. The summed E-state index contributed by atoms with van der Waals surface area (Å²) in [5, 5.41) is 13.1. The molecular weight excluding hydrogens is 338 g/mol. The first kappa shape index (κ1) is 13.5. The average Bonchev–Trinajstić information content (AvgIpc) is 2.16. The number of carbonyl (C=O) groups is 1. The Morgan fingerprint density at radius 3 is 2.62 bits per heavy atom. The maximum absolute atomic E-state index is 11.8. The Morgan fingerprint density at radius 1 is 1.50 bits per heavy atom. The number of alkyl halides is 1. The molecule has 0 spiro atoms. The molecule has 0 aromatic heterocycles. The monoisotopic (exact) mass is 349 g/mol. The van der Waals surface area contributed by atoms with Gasteiger partial charge in [0.05, 0.1) is 5.56 Å². The van der Waals surface area contributed by atoms with Gasteiger partial charge in [-0.3, -0.25) is 4.79 Å². The van der Waals surface area contributed by atoms with Gasteiger partial charge in [0, 0.05) is 15.3 Å². The predicted molar refractivity (Wildman–Crippen MR) is 71.1 cm³/mol. The Bertz CT molecular complexity index is 405. The number of aromatic hydroxyl groups is 1. The molecule has 0 fully saturated rings. The lowest BCUT2D eigenvalue weighted by molar-refractivity contribution is 0.0918. The zero-order chi connectivity index (χ0) is 12.3. The molecule has 0 atom stereocenters. The van der Waals surface area contributed by atoms with Gasteiger partial charge in [-0.25, -0.2) is 0 Å². The Labute approximate surface area is 111 Å². The second kappa shape index (κ2) is 5.19. The normalized spacial score (nSPS) is 11.2. The summed E-state index contributed by atoms with van der Waals surface area (Å²) in [5.74, 6) is -0.313. The van der Waals surface area contributed by atoms with Crippen molar-refractivity contribution in [3.8, 4) is 5.75 Å². The third-order valence-electron chi connectivity index (χ3n) is 1.99. The smallest absolute Gasteiger partial charge is 0.255 e. The highest BCUT2D eigenvalue weighted by atomic mass is 79.9. The summed E-state index contributed by atoms with van der Waals surface area (Å²) in [5.41, 5.74) is -0.0754. The molecule has 0 heterocycles. The van der Waals surface area contributed by atoms with Crippen LogP contribution in [-0.4, -0.2) is 21.9 Å². The Hall–Kier alpha value is -0.550. The van der Waals surface area contributed by atoms with Gasteiger partial charge in [0.2, 0.25) is 0 Å². The number of benzene rings is 1. The van der Waals surface area contributed by atoms with Crippen LogP contribution in [0.3, 0.4) is 0 Å². The summed E-state index contributed by atoms with van der Waals surface area (Å²) in [6.45, 7) is 3.80. The van der Waals surface area contributed by atoms with Crippen molar-refractivity contribution in [3.05, 3.63) is 28.2 Å². The fourth-order valence-electron chi connectivity index (χ4n) is 1.10. The van der Waals surface area contributed by atoms with Crippen LogP contribution in [0.5, 0.6) is 5.75 Å². The highest BCUT2D eigenvalue weighted by Crippen LogP contribution is 2.22. The first-order valence-corrected chi connectivity index (χ1v) is 6.64. The minimum atomic E-state index is -0.351. The summed E-state index contributed by atoms with van der Waals surface area (Å²) >= 11 is 6.54. The molecule has 1 rings (SSSR count). The lowest BCUT2D eigenvalue weighted by Gasteiger charge is -2.23. The quantitative estimate of drug-likeness (QED) is 0.823. The van der Waals surface area contributed by atoms with Crippen LogP contribution in [0.4, 0.5) is 0 Å². The zero-order valence-corrected chi connectivity index (χ0v) is 12.2. The van der Waals surface area contributed by atoms with Crippen LogP contribution in [0.2, 0.25) is 0 Å². The molecule has 16 heavy (non-hydrogen) atoms. The number of carbonyl (C=O) groups excluding carboxylic acids is 1. The molecule has 1 aromatic rings. The van der Waals surface area contributed by atoms with Crippen molar-refractivity contribution >= 4 is 37.8 Å². The van der Waals surface area contributed by atoms with Gasteiger partial charge in [-0.1, -0.05) is 31.9 Å². The second-order valence-corrected chi connectivity index (χ2v) is 5.61. The molecule has 5 heteroatoms. The molecule has 2 N–H and O–H groups in total. The van der Waals surface area contributed by atoms with Gasteiger partial charge < -0.3 is 10.4 Å². The third-order valence-corrected chi connectivity index (χ3v) is 3.89. The van der Waals surface area contributed by atoms with Crippen LogP contribution in [0, 0.1) is 0 Å². The van der Waals surface area contributed by atoms with E-state index in [0.29, 0.717) is 5.33 Å². The Morgan fingerprint density at radius 2 is 2.12 bits per heavy atom. The fourth-order valence-corrected chi connectivity index (χ4v) is 1.59. The minimum absolute atomic E-state index is 0.0303. The number of hydrogen-bond donors (Lipinski definition) is 2. The molecule has 0 saturated carbocycles. The van der Waals surface area contributed by atoms with Gasteiger partial charge >= 0.3 is 0 Å². The van der Waals surface area contributed by atoms with Crippen LogP contribution >= 0.6 is 31.9 Å². The van der Waals surface area contributed by atoms with Gasteiger partial charge in [0.1, 0.15) is 5.75 Å². The van der Waals surface area contributed by atoms with Crippen molar-refractivity contribution in [1.29, 1.82) is 0 Å². The van der Waals surface area contributed by atoms with Crippen LogP contribution < -0.4 is 5.32 Å². The molecule has 0 aliphatic heterocycles. The summed E-state index contributed by atoms with van der Waals surface area (Å²) < 4.78 is 0.737. The first-order chi connectivity index (χ1) is 7.35. The highest BCUT2D eigenvalue weighted by molar-refractivity contribution is 9.10. The van der Waals surface area contributed by atoms with E-state index in [1.165, 1.54) is 6.07 Å². The maximum atomic E-state index is 11.8. The number of phenolic OH excluding ortho intramolecular Hbond substituents is 1. The molecule has 0 unspecified atom stereocenters. The number of rotatable bonds is 3. The van der Waals surface area contributed by atoms with E-state index in [4.69, 9.17) is 0 Å². The molecule has 0 aliphatic carbocycles. The first-order valence-electron chi connectivity index (χ1n) is 4.73. The van der Waals surface area contributed by atoms with Gasteiger partial charge in [0.25, 0.3) is 5.91 Å². The molecule has 0 aliphatic rings. The predicted octanol–water partition coefficient (Wildman–Crippen LogP) is 3.06. The van der Waals surface area contributed by atoms with E-state index in [9.17, 15) is 9.90 Å². The van der Waals surface area contributed by atoms with E-state index in [1.54, 1.807) is 12.1 Å². The fraction of sp³-hybridized carbons (Fsp3) is 0.364. The highest BCUT2D eigenvalue weighted by Gasteiger charge is 2.21. The van der Waals surface area contributed by atoms with Crippen molar-refractivity contribution in [2.24, 2.45) is 0 Å². The molecule has 1 aromatic carbocycles. The van der Waals surface area contributed by atoms with E-state index >= 15 is 0 Å². The van der Waals surface area contributed by atoms with Crippen molar-refractivity contribution in [1.82, 2.24) is 5.32 Å². The van der Waals surface area contributed by atoms with E-state index in [2.05, 4.69) is 37.2 Å². The van der Waals surface area contributed by atoms with Gasteiger partial charge in [0.15, 0.2) is 0 Å². The van der Waals surface area contributed by atoms with Crippen molar-refractivity contribution in [2.45, 2.75) is 19.4 Å². The lowest BCUT2D eigenvalue weighted by atomic mass is 10.1. The SMILES string of the molecule is CC(C)(CBr)NC(=O)c1ccc(Br)cc1O. The molecule has 0 bridgehead atoms. The Balaban J connectivity index is 2.89. The summed E-state index contributed by atoms with van der Waals surface area (Å²) in [6, 6.07) is 4.80. The van der Waals surface area contributed by atoms with Crippen molar-refractivity contribution in [3.63, 3.8) is 0 Å². The van der Waals surface area contributed by atoms with Crippen LogP contribution in [-0.2, 0) is 0 Å². The Kier molecular flexibility index (Phi) is 4.38. The van der Waals surface area contributed by atoms with Gasteiger partial charge in [-0.15, -0.1) is 0 Å². The van der Waals surface area contributed by atoms with Gasteiger partial charge in [-0.2, -0.15) is 0 Å². The van der Waals surface area contributed by atoms with Crippen molar-refractivity contribution in [2.75, 3.05) is 5.33 Å². The van der Waals surface area contributed by atoms with E-state index in [0.717, 1.165) is 4.47 Å². The molecular formula is C11H13Br2NO2. The number of nitrogens with one attached hydrogen (secondary N) is 1. The minimum Gasteiger partial charge on any atom is -0.507 e. The van der Waals surface area contributed by atoms with Crippen molar-refractivity contribution < 1.29 is 9.90 Å².